The predicted octanol–water partition coefficient (Wildman–Crippen LogP) is 2.59. The summed E-state index contributed by atoms with van der Waals surface area (Å²) in [6.45, 7) is 11.1. The maximum atomic E-state index is 12.5. The normalized spacial score (nSPS) is 12.5. The quantitative estimate of drug-likeness (QED) is 0.595. The van der Waals surface area contributed by atoms with Crippen LogP contribution in [0.2, 0.25) is 0 Å². The third-order valence-electron chi connectivity index (χ3n) is 3.40. The van der Waals surface area contributed by atoms with Crippen LogP contribution < -0.4 is 5.73 Å². The zero-order valence-electron chi connectivity index (χ0n) is 15.3. The van der Waals surface area contributed by atoms with Gasteiger partial charge in [0.25, 0.3) is 0 Å². The van der Waals surface area contributed by atoms with E-state index in [0.29, 0.717) is 39.1 Å². The van der Waals surface area contributed by atoms with Crippen LogP contribution in [-0.2, 0) is 14.3 Å². The van der Waals surface area contributed by atoms with Gasteiger partial charge < -0.3 is 15.2 Å². The molecule has 0 spiro atoms. The van der Waals surface area contributed by atoms with Crippen molar-refractivity contribution in [3.8, 4) is 0 Å². The number of nitrogens with zero attached hydrogens (tertiary/aromatic N) is 1. The smallest absolute Gasteiger partial charge is 0.410 e. The van der Waals surface area contributed by atoms with Crippen molar-refractivity contribution in [2.75, 3.05) is 26.3 Å². The fourth-order valence-electron chi connectivity index (χ4n) is 2.18. The molecule has 0 aromatic heterocycles. The van der Waals surface area contributed by atoms with Gasteiger partial charge in [-0.25, -0.2) is 4.79 Å². The zero-order valence-corrected chi connectivity index (χ0v) is 15.3. The third-order valence-corrected chi connectivity index (χ3v) is 3.40. The Balaban J connectivity index is 5.09. The molecular weight excluding hydrogens is 296 g/mol. The summed E-state index contributed by atoms with van der Waals surface area (Å²) in [6.07, 6.45) is 1.61. The molecule has 136 valence electrons. The fraction of sp³-hybridized carbons (Fsp3) is 0.882. The molecule has 0 rings (SSSR count). The lowest BCUT2D eigenvalue weighted by atomic mass is 9.96. The summed E-state index contributed by atoms with van der Waals surface area (Å²) in [5.74, 6) is -0.110. The van der Waals surface area contributed by atoms with E-state index in [1.54, 1.807) is 0 Å². The van der Waals surface area contributed by atoms with Crippen LogP contribution in [0.15, 0.2) is 0 Å². The molecular formula is C17H34N2O4. The van der Waals surface area contributed by atoms with Crippen LogP contribution >= 0.6 is 0 Å². The first-order chi connectivity index (χ1) is 10.8. The Hall–Kier alpha value is -1.14. The van der Waals surface area contributed by atoms with Gasteiger partial charge in [-0.3, -0.25) is 9.69 Å². The SMILES string of the molecule is CCCOC(=O)N(CCOC(C)C)[C@@H](CCCN)C(=O)C(C)C. The van der Waals surface area contributed by atoms with Crippen LogP contribution in [0.25, 0.3) is 0 Å². The minimum absolute atomic E-state index is 0.0384. The molecule has 2 N–H and O–H groups in total. The molecule has 0 aliphatic heterocycles. The van der Waals surface area contributed by atoms with Crippen molar-refractivity contribution in [3.05, 3.63) is 0 Å². The molecule has 0 saturated carbocycles. The van der Waals surface area contributed by atoms with Gasteiger partial charge >= 0.3 is 6.09 Å². The second-order valence-corrected chi connectivity index (χ2v) is 6.23. The molecule has 0 heterocycles. The molecule has 0 aromatic rings. The molecule has 1 atom stereocenters. The van der Waals surface area contributed by atoms with Gasteiger partial charge in [0.1, 0.15) is 0 Å². The van der Waals surface area contributed by atoms with Gasteiger partial charge in [-0.15, -0.1) is 0 Å². The van der Waals surface area contributed by atoms with E-state index < -0.39 is 12.1 Å². The summed E-state index contributed by atoms with van der Waals surface area (Å²) in [5.41, 5.74) is 5.58. The Morgan fingerprint density at radius 1 is 1.13 bits per heavy atom. The minimum Gasteiger partial charge on any atom is -0.449 e. The van der Waals surface area contributed by atoms with Gasteiger partial charge in [0.15, 0.2) is 5.78 Å². The number of carbonyl (C=O) groups is 2. The van der Waals surface area contributed by atoms with Gasteiger partial charge in [-0.1, -0.05) is 20.8 Å². The molecule has 0 fully saturated rings. The minimum atomic E-state index is -0.501. The van der Waals surface area contributed by atoms with Crippen LogP contribution in [0.1, 0.15) is 53.9 Å². The highest BCUT2D eigenvalue weighted by atomic mass is 16.6. The zero-order chi connectivity index (χ0) is 17.8. The lowest BCUT2D eigenvalue weighted by Gasteiger charge is -2.31. The van der Waals surface area contributed by atoms with E-state index in [1.807, 2.05) is 34.6 Å². The van der Waals surface area contributed by atoms with Crippen molar-refractivity contribution in [2.24, 2.45) is 11.7 Å². The van der Waals surface area contributed by atoms with Crippen molar-refractivity contribution in [1.82, 2.24) is 4.90 Å². The number of carbonyl (C=O) groups excluding carboxylic acids is 2. The van der Waals surface area contributed by atoms with Gasteiger partial charge in [-0.05, 0) is 39.7 Å². The highest BCUT2D eigenvalue weighted by molar-refractivity contribution is 5.88. The number of Topliss-reactive ketones (excluding diaryl/α,β-unsaturated/α-hetero) is 1. The summed E-state index contributed by atoms with van der Waals surface area (Å²) >= 11 is 0. The number of amides is 1. The Kier molecular flexibility index (Phi) is 11.7. The average molecular weight is 330 g/mol. The Morgan fingerprint density at radius 3 is 2.26 bits per heavy atom. The third kappa shape index (κ3) is 8.91. The molecule has 0 bridgehead atoms. The number of rotatable bonds is 12. The van der Waals surface area contributed by atoms with Gasteiger partial charge in [-0.2, -0.15) is 0 Å². The molecule has 0 aliphatic carbocycles. The maximum absolute atomic E-state index is 12.5. The largest absolute Gasteiger partial charge is 0.449 e. The van der Waals surface area contributed by atoms with Crippen LogP contribution in [0.5, 0.6) is 0 Å². The number of hydrogen-bond donors (Lipinski definition) is 1. The molecule has 6 nitrogen and oxygen atoms in total. The molecule has 0 saturated heterocycles. The van der Waals surface area contributed by atoms with Crippen molar-refractivity contribution < 1.29 is 19.1 Å². The van der Waals surface area contributed by atoms with E-state index in [1.165, 1.54) is 4.90 Å². The number of hydrogen-bond acceptors (Lipinski definition) is 5. The lowest BCUT2D eigenvalue weighted by Crippen LogP contribution is -2.48. The summed E-state index contributed by atoms with van der Waals surface area (Å²) in [7, 11) is 0. The second-order valence-electron chi connectivity index (χ2n) is 6.23. The summed E-state index contributed by atoms with van der Waals surface area (Å²) < 4.78 is 10.8. The van der Waals surface area contributed by atoms with Gasteiger partial charge in [0.05, 0.1) is 25.4 Å². The number of ketones is 1. The van der Waals surface area contributed by atoms with E-state index in [9.17, 15) is 9.59 Å². The summed E-state index contributed by atoms with van der Waals surface area (Å²) in [5, 5.41) is 0. The Morgan fingerprint density at radius 2 is 1.78 bits per heavy atom. The molecule has 0 aliphatic rings. The lowest BCUT2D eigenvalue weighted by molar-refractivity contribution is -0.127. The molecule has 1 amide bonds. The first-order valence-electron chi connectivity index (χ1n) is 8.63. The molecule has 23 heavy (non-hydrogen) atoms. The Labute approximate surface area is 140 Å². The topological polar surface area (TPSA) is 81.9 Å². The second kappa shape index (κ2) is 12.3. The van der Waals surface area contributed by atoms with Crippen LogP contribution in [-0.4, -0.2) is 55.2 Å². The predicted molar refractivity (Wildman–Crippen MR) is 91.4 cm³/mol. The van der Waals surface area contributed by atoms with Gasteiger partial charge in [0, 0.05) is 12.5 Å². The summed E-state index contributed by atoms with van der Waals surface area (Å²) in [4.78, 5) is 26.4. The molecule has 0 aromatic carbocycles. The fourth-order valence-corrected chi connectivity index (χ4v) is 2.18. The van der Waals surface area contributed by atoms with E-state index >= 15 is 0 Å². The van der Waals surface area contributed by atoms with E-state index in [2.05, 4.69) is 0 Å². The number of ether oxygens (including phenoxy) is 2. The van der Waals surface area contributed by atoms with Crippen LogP contribution in [0, 0.1) is 5.92 Å². The first-order valence-corrected chi connectivity index (χ1v) is 8.63. The maximum Gasteiger partial charge on any atom is 0.410 e. The van der Waals surface area contributed by atoms with E-state index in [4.69, 9.17) is 15.2 Å². The molecule has 0 unspecified atom stereocenters. The van der Waals surface area contributed by atoms with E-state index in [0.717, 1.165) is 6.42 Å². The average Bonchev–Trinajstić information content (AvgIpc) is 2.50. The van der Waals surface area contributed by atoms with Crippen molar-refractivity contribution in [3.63, 3.8) is 0 Å². The van der Waals surface area contributed by atoms with E-state index in [-0.39, 0.29) is 17.8 Å². The number of nitrogens with two attached hydrogens (primary N) is 1. The van der Waals surface area contributed by atoms with Crippen LogP contribution in [0.4, 0.5) is 4.79 Å². The Bertz CT molecular complexity index is 345. The standard InChI is InChI=1S/C17H34N2O4/c1-6-11-23-17(21)19(10-12-22-14(4)5)15(8-7-9-18)16(20)13(2)3/h13-15H,6-12,18H2,1-5H3/t15-/m0/s1. The molecule has 6 heteroatoms. The highest BCUT2D eigenvalue weighted by Crippen LogP contribution is 2.15. The van der Waals surface area contributed by atoms with Crippen molar-refractivity contribution in [1.29, 1.82) is 0 Å². The first kappa shape index (κ1) is 21.9. The highest BCUT2D eigenvalue weighted by Gasteiger charge is 2.31. The van der Waals surface area contributed by atoms with Crippen molar-refractivity contribution >= 4 is 11.9 Å². The monoisotopic (exact) mass is 330 g/mol. The van der Waals surface area contributed by atoms with Gasteiger partial charge in [0.2, 0.25) is 0 Å². The van der Waals surface area contributed by atoms with Crippen LogP contribution in [0.3, 0.4) is 0 Å². The summed E-state index contributed by atoms with van der Waals surface area (Å²) in [6, 6.07) is -0.501. The van der Waals surface area contributed by atoms with Crippen molar-refractivity contribution in [2.45, 2.75) is 66.0 Å². The molecule has 0 radical (unpaired) electrons.